The molecule has 1 rings (SSSR count). The first-order valence-corrected chi connectivity index (χ1v) is 24.6. The van der Waals surface area contributed by atoms with E-state index in [2.05, 4.69) is 25.3 Å². The van der Waals surface area contributed by atoms with Crippen LogP contribution >= 0.6 is 7.82 Å². The van der Waals surface area contributed by atoms with Gasteiger partial charge < -0.3 is 34.8 Å². The Morgan fingerprint density at radius 2 is 1.27 bits per heavy atom. The van der Waals surface area contributed by atoms with Crippen molar-refractivity contribution in [2.75, 3.05) is 26.4 Å². The lowest BCUT2D eigenvalue weighted by Crippen LogP contribution is -2.29. The molecule has 0 aliphatic heterocycles. The van der Waals surface area contributed by atoms with E-state index in [4.69, 9.17) is 19.1 Å². The lowest BCUT2D eigenvalue weighted by atomic mass is 9.88. The van der Waals surface area contributed by atoms with E-state index in [0.29, 0.717) is 32.1 Å². The van der Waals surface area contributed by atoms with E-state index in [1.54, 1.807) is 12.2 Å². The van der Waals surface area contributed by atoms with Crippen LogP contribution in [0.15, 0.2) is 12.2 Å². The number of allylic oxidation sites excluding steroid dienone is 1. The fourth-order valence-corrected chi connectivity index (χ4v) is 8.17. The van der Waals surface area contributed by atoms with Gasteiger partial charge in [-0.25, -0.2) is 4.57 Å². The highest BCUT2D eigenvalue weighted by molar-refractivity contribution is 7.47. The summed E-state index contributed by atoms with van der Waals surface area (Å²) in [6.07, 6.45) is 23.7. The molecule has 0 spiro atoms. The maximum Gasteiger partial charge on any atom is 0.472 e. The Bertz CT molecular complexity index is 1160. The van der Waals surface area contributed by atoms with Crippen molar-refractivity contribution in [3.8, 4) is 0 Å². The molecule has 0 aromatic heterocycles. The topological polar surface area (TPSA) is 206 Å². The number of rotatable bonds is 39. The van der Waals surface area contributed by atoms with E-state index < -0.39 is 76.5 Å². The van der Waals surface area contributed by atoms with E-state index in [1.165, 1.54) is 64.2 Å². The molecule has 59 heavy (non-hydrogen) atoms. The van der Waals surface area contributed by atoms with E-state index >= 15 is 0 Å². The number of phosphoric acid groups is 1. The van der Waals surface area contributed by atoms with Crippen molar-refractivity contribution >= 4 is 25.5 Å². The summed E-state index contributed by atoms with van der Waals surface area (Å²) in [6.45, 7) is 4.35. The second-order valence-corrected chi connectivity index (χ2v) is 18.5. The minimum Gasteiger partial charge on any atom is -0.462 e. The molecule has 0 radical (unpaired) electrons. The number of aliphatic hydroxyl groups is 4. The quantitative estimate of drug-likeness (QED) is 0.0170. The van der Waals surface area contributed by atoms with Crippen LogP contribution in [0, 0.1) is 17.8 Å². The molecule has 13 nitrogen and oxygen atoms in total. The average Bonchev–Trinajstić information content (AvgIpc) is 3.47. The maximum absolute atomic E-state index is 12.7. The van der Waals surface area contributed by atoms with Gasteiger partial charge in [0.1, 0.15) is 18.5 Å². The molecule has 0 bridgehead atoms. The predicted molar refractivity (Wildman–Crippen MR) is 229 cm³/mol. The first-order valence-electron chi connectivity index (χ1n) is 23.1. The van der Waals surface area contributed by atoms with Gasteiger partial charge in [-0.1, -0.05) is 155 Å². The Morgan fingerprint density at radius 1 is 0.746 bits per heavy atom. The van der Waals surface area contributed by atoms with Gasteiger partial charge in [0, 0.05) is 25.2 Å². The molecular formula is C45H83O13P. The Balaban J connectivity index is 2.40. The van der Waals surface area contributed by atoms with Crippen molar-refractivity contribution in [3.05, 3.63) is 12.2 Å². The van der Waals surface area contributed by atoms with Crippen LogP contribution in [0.2, 0.25) is 0 Å². The van der Waals surface area contributed by atoms with Gasteiger partial charge in [0.2, 0.25) is 0 Å². The van der Waals surface area contributed by atoms with Crippen LogP contribution < -0.4 is 0 Å². The number of ether oxygens (including phenoxy) is 2. The number of hydrogen-bond acceptors (Lipinski definition) is 12. The Labute approximate surface area is 356 Å². The van der Waals surface area contributed by atoms with Crippen LogP contribution in [-0.2, 0) is 37.5 Å². The summed E-state index contributed by atoms with van der Waals surface area (Å²) in [5, 5.41) is 39.1. The number of unbranched alkanes of at least 4 members (excludes halogenated alkanes) is 17. The minimum atomic E-state index is -4.67. The zero-order chi connectivity index (χ0) is 43.7. The smallest absolute Gasteiger partial charge is 0.462 e. The molecule has 1 aliphatic rings. The Hall–Kier alpha value is -1.70. The molecule has 5 N–H and O–H groups in total. The summed E-state index contributed by atoms with van der Waals surface area (Å²) in [7, 11) is -4.67. The fourth-order valence-electron chi connectivity index (χ4n) is 7.38. The standard InChI is InChI=1S/C45H83O13P/c1-4-5-19-25-37(47)29-30-41-40(42(49)31-43(41)50)26-21-17-18-22-27-44(51)55-34-39(35-57-59(53,54)56-33-38(48)32-46)58-45(52)28-23-16-14-12-10-8-6-7-9-11-13-15-20-24-36(2)3/h29-30,36-42,46-49H,4-28,31-35H2,1-3H3,(H,53,54)/b30-29+/t37-,38-,39+,40+,41+,42-/m0/s1. The van der Waals surface area contributed by atoms with E-state index in [1.807, 2.05) is 0 Å². The third-order valence-corrected chi connectivity index (χ3v) is 12.0. The third-order valence-electron chi connectivity index (χ3n) is 11.0. The number of ketones is 1. The molecule has 0 saturated heterocycles. The van der Waals surface area contributed by atoms with Gasteiger partial charge in [-0.3, -0.25) is 23.4 Å². The first kappa shape index (κ1) is 55.3. The fraction of sp³-hybridized carbons (Fsp3) is 0.889. The van der Waals surface area contributed by atoms with Gasteiger partial charge in [-0.05, 0) is 37.5 Å². The minimum absolute atomic E-state index is 0.00803. The zero-order valence-corrected chi connectivity index (χ0v) is 37.8. The SMILES string of the molecule is CCCCC[C@H](O)/C=C/[C@H]1C(=O)C[C@H](O)[C@@H]1CCCCCCC(=O)OC[C@H](COP(=O)(O)OC[C@@H](O)CO)OC(=O)CCCCCCCCCCCCCCCC(C)C. The van der Waals surface area contributed by atoms with Gasteiger partial charge >= 0.3 is 19.8 Å². The highest BCUT2D eigenvalue weighted by atomic mass is 31.2. The number of carbonyl (C=O) groups is 3. The lowest BCUT2D eigenvalue weighted by molar-refractivity contribution is -0.161. The molecule has 0 amide bonds. The van der Waals surface area contributed by atoms with E-state index in [9.17, 15) is 39.2 Å². The second-order valence-electron chi connectivity index (χ2n) is 17.0. The van der Waals surface area contributed by atoms with E-state index in [-0.39, 0.29) is 31.0 Å². The van der Waals surface area contributed by atoms with Crippen LogP contribution in [0.5, 0.6) is 0 Å². The van der Waals surface area contributed by atoms with Gasteiger partial charge in [0.15, 0.2) is 6.10 Å². The molecule has 0 aromatic carbocycles. The number of hydrogen-bond donors (Lipinski definition) is 5. The molecule has 1 saturated carbocycles. The van der Waals surface area contributed by atoms with Gasteiger partial charge in [-0.2, -0.15) is 0 Å². The average molecular weight is 863 g/mol. The predicted octanol–water partition coefficient (Wildman–Crippen LogP) is 8.84. The molecule has 1 unspecified atom stereocenters. The molecule has 1 aliphatic carbocycles. The number of Topliss-reactive ketones (excluding diaryl/α,β-unsaturated/α-hetero) is 1. The van der Waals surface area contributed by atoms with Gasteiger partial charge in [0.05, 0.1) is 32.0 Å². The Morgan fingerprint density at radius 3 is 1.85 bits per heavy atom. The maximum atomic E-state index is 12.7. The second kappa shape index (κ2) is 34.8. The number of carbonyl (C=O) groups excluding carboxylic acids is 3. The molecule has 346 valence electrons. The summed E-state index contributed by atoms with van der Waals surface area (Å²) in [5.41, 5.74) is 0. The lowest BCUT2D eigenvalue weighted by Gasteiger charge is -2.20. The molecule has 0 aromatic rings. The number of phosphoric ester groups is 1. The van der Waals surface area contributed by atoms with Crippen LogP contribution in [0.25, 0.3) is 0 Å². The van der Waals surface area contributed by atoms with Crippen molar-refractivity contribution in [2.45, 2.75) is 212 Å². The Kier molecular flexibility index (Phi) is 32.7. The summed E-state index contributed by atoms with van der Waals surface area (Å²) in [5.74, 6) is -0.883. The monoisotopic (exact) mass is 863 g/mol. The number of esters is 2. The van der Waals surface area contributed by atoms with Crippen molar-refractivity contribution in [1.29, 1.82) is 0 Å². The summed E-state index contributed by atoms with van der Waals surface area (Å²) >= 11 is 0. The number of aliphatic hydroxyl groups excluding tert-OH is 4. The third kappa shape index (κ3) is 30.1. The first-order chi connectivity index (χ1) is 28.3. The zero-order valence-electron chi connectivity index (χ0n) is 36.9. The van der Waals surface area contributed by atoms with Crippen LogP contribution in [0.1, 0.15) is 188 Å². The van der Waals surface area contributed by atoms with Gasteiger partial charge in [0.25, 0.3) is 0 Å². The van der Waals surface area contributed by atoms with Crippen molar-refractivity contribution in [1.82, 2.24) is 0 Å². The van der Waals surface area contributed by atoms with Crippen molar-refractivity contribution in [3.63, 3.8) is 0 Å². The highest BCUT2D eigenvalue weighted by Gasteiger charge is 2.39. The summed E-state index contributed by atoms with van der Waals surface area (Å²) < 4.78 is 32.8. The molecule has 7 atom stereocenters. The van der Waals surface area contributed by atoms with E-state index in [0.717, 1.165) is 57.3 Å². The van der Waals surface area contributed by atoms with Crippen LogP contribution in [-0.4, -0.2) is 93.9 Å². The molecular weight excluding hydrogens is 779 g/mol. The van der Waals surface area contributed by atoms with Crippen molar-refractivity contribution in [2.24, 2.45) is 17.8 Å². The van der Waals surface area contributed by atoms with Gasteiger partial charge in [-0.15, -0.1) is 0 Å². The van der Waals surface area contributed by atoms with Crippen LogP contribution in [0.3, 0.4) is 0 Å². The highest BCUT2D eigenvalue weighted by Crippen LogP contribution is 2.43. The summed E-state index contributed by atoms with van der Waals surface area (Å²) in [6, 6.07) is 0. The normalized spacial score (nSPS) is 19.6. The summed E-state index contributed by atoms with van der Waals surface area (Å²) in [4.78, 5) is 47.8. The largest absolute Gasteiger partial charge is 0.472 e. The molecule has 14 heteroatoms. The molecule has 0 heterocycles. The van der Waals surface area contributed by atoms with Crippen molar-refractivity contribution < 1.29 is 62.8 Å². The van der Waals surface area contributed by atoms with Crippen LogP contribution in [0.4, 0.5) is 0 Å². The molecule has 1 fully saturated rings.